The van der Waals surface area contributed by atoms with E-state index in [4.69, 9.17) is 5.14 Å². The molecule has 0 saturated heterocycles. The van der Waals surface area contributed by atoms with Gasteiger partial charge in [0.25, 0.3) is 0 Å². The highest BCUT2D eigenvalue weighted by Crippen LogP contribution is 2.17. The first-order valence-corrected chi connectivity index (χ1v) is 10.8. The SMILES string of the molecule is Cc1ccsc1CN(C)CCC(=O)NCCc1ccc(S(N)(=O)=O)cc1. The zero-order valence-electron chi connectivity index (χ0n) is 15.1. The zero-order valence-corrected chi connectivity index (χ0v) is 16.7. The average Bonchev–Trinajstić information content (AvgIpc) is 2.97. The van der Waals surface area contributed by atoms with Crippen molar-refractivity contribution >= 4 is 27.3 Å². The number of carbonyl (C=O) groups is 1. The average molecular weight is 396 g/mol. The summed E-state index contributed by atoms with van der Waals surface area (Å²) in [5.74, 6) is 0.0147. The van der Waals surface area contributed by atoms with Crippen molar-refractivity contribution in [2.45, 2.75) is 31.2 Å². The predicted octanol–water partition coefficient (Wildman–Crippen LogP) is 1.88. The van der Waals surface area contributed by atoms with E-state index in [1.165, 1.54) is 22.6 Å². The third kappa shape index (κ3) is 6.53. The molecule has 0 radical (unpaired) electrons. The lowest BCUT2D eigenvalue weighted by molar-refractivity contribution is -0.121. The second kappa shape index (κ2) is 9.27. The number of nitrogens with two attached hydrogens (primary N) is 1. The molecule has 1 amide bonds. The molecule has 1 aromatic heterocycles. The number of thiophene rings is 1. The molecule has 2 rings (SSSR count). The van der Waals surface area contributed by atoms with Crippen LogP contribution in [0.15, 0.2) is 40.6 Å². The van der Waals surface area contributed by atoms with Gasteiger partial charge in [-0.25, -0.2) is 13.6 Å². The largest absolute Gasteiger partial charge is 0.356 e. The Bertz CT molecular complexity index is 830. The van der Waals surface area contributed by atoms with Crippen molar-refractivity contribution in [1.82, 2.24) is 10.2 Å². The maximum absolute atomic E-state index is 12.0. The van der Waals surface area contributed by atoms with Gasteiger partial charge in [-0.05, 0) is 55.1 Å². The van der Waals surface area contributed by atoms with Crippen LogP contribution >= 0.6 is 11.3 Å². The Labute approximate surface area is 159 Å². The summed E-state index contributed by atoms with van der Waals surface area (Å²) < 4.78 is 22.4. The fourth-order valence-corrected chi connectivity index (χ4v) is 3.96. The van der Waals surface area contributed by atoms with Crippen LogP contribution in [0.2, 0.25) is 0 Å². The zero-order chi connectivity index (χ0) is 19.2. The Hall–Kier alpha value is -1.74. The molecule has 0 fully saturated rings. The van der Waals surface area contributed by atoms with Crippen LogP contribution in [0, 0.1) is 6.92 Å². The molecular formula is C18H25N3O3S2. The van der Waals surface area contributed by atoms with Gasteiger partial charge in [0.2, 0.25) is 15.9 Å². The molecule has 142 valence electrons. The van der Waals surface area contributed by atoms with Crippen LogP contribution < -0.4 is 10.5 Å². The van der Waals surface area contributed by atoms with Gasteiger partial charge in [-0.15, -0.1) is 11.3 Å². The highest BCUT2D eigenvalue weighted by molar-refractivity contribution is 7.89. The molecule has 0 aliphatic heterocycles. The van der Waals surface area contributed by atoms with Gasteiger partial charge in [-0.2, -0.15) is 0 Å². The number of amides is 1. The summed E-state index contributed by atoms with van der Waals surface area (Å²) in [5, 5.41) is 10.0. The fraction of sp³-hybridized carbons (Fsp3) is 0.389. The van der Waals surface area contributed by atoms with Gasteiger partial charge in [0, 0.05) is 30.9 Å². The molecule has 1 aromatic carbocycles. The monoisotopic (exact) mass is 395 g/mol. The molecule has 0 atom stereocenters. The van der Waals surface area contributed by atoms with Crippen LogP contribution in [0.4, 0.5) is 0 Å². The number of sulfonamides is 1. The quantitative estimate of drug-likeness (QED) is 0.678. The van der Waals surface area contributed by atoms with E-state index in [0.29, 0.717) is 25.9 Å². The first-order chi connectivity index (χ1) is 12.3. The van der Waals surface area contributed by atoms with Crippen molar-refractivity contribution < 1.29 is 13.2 Å². The first-order valence-electron chi connectivity index (χ1n) is 8.35. The van der Waals surface area contributed by atoms with Crippen molar-refractivity contribution in [3.63, 3.8) is 0 Å². The molecule has 0 aliphatic carbocycles. The third-order valence-electron chi connectivity index (χ3n) is 4.09. The van der Waals surface area contributed by atoms with Crippen LogP contribution in [-0.4, -0.2) is 39.4 Å². The van der Waals surface area contributed by atoms with Crippen LogP contribution in [-0.2, 0) is 27.8 Å². The topological polar surface area (TPSA) is 92.5 Å². The van der Waals surface area contributed by atoms with Crippen LogP contribution in [0.3, 0.4) is 0 Å². The van der Waals surface area contributed by atoms with Crippen molar-refractivity contribution in [3.05, 3.63) is 51.7 Å². The van der Waals surface area contributed by atoms with E-state index in [1.807, 2.05) is 7.05 Å². The Balaban J connectivity index is 1.68. The normalized spacial score (nSPS) is 11.7. The predicted molar refractivity (Wildman–Crippen MR) is 105 cm³/mol. The number of aryl methyl sites for hydroxylation is 1. The highest BCUT2D eigenvalue weighted by Gasteiger charge is 2.08. The van der Waals surface area contributed by atoms with Gasteiger partial charge >= 0.3 is 0 Å². The smallest absolute Gasteiger partial charge is 0.238 e. The first kappa shape index (κ1) is 20.6. The summed E-state index contributed by atoms with van der Waals surface area (Å²) in [6, 6.07) is 8.49. The summed E-state index contributed by atoms with van der Waals surface area (Å²) in [6.45, 7) is 4.17. The maximum Gasteiger partial charge on any atom is 0.238 e. The molecule has 1 heterocycles. The fourth-order valence-electron chi connectivity index (χ4n) is 2.46. The van der Waals surface area contributed by atoms with Crippen LogP contribution in [0.25, 0.3) is 0 Å². The minimum Gasteiger partial charge on any atom is -0.356 e. The molecular weight excluding hydrogens is 370 g/mol. The van der Waals surface area contributed by atoms with E-state index < -0.39 is 10.0 Å². The molecule has 8 heteroatoms. The maximum atomic E-state index is 12.0. The summed E-state index contributed by atoms with van der Waals surface area (Å²) in [5.41, 5.74) is 2.24. The minimum atomic E-state index is -3.66. The molecule has 0 aliphatic rings. The number of nitrogens with zero attached hydrogens (tertiary/aromatic N) is 1. The van der Waals surface area contributed by atoms with Crippen molar-refractivity contribution in [2.75, 3.05) is 20.1 Å². The number of rotatable bonds is 9. The van der Waals surface area contributed by atoms with E-state index in [2.05, 4.69) is 28.6 Å². The van der Waals surface area contributed by atoms with Gasteiger partial charge < -0.3 is 10.2 Å². The van der Waals surface area contributed by atoms with E-state index in [0.717, 1.165) is 12.1 Å². The molecule has 0 saturated carbocycles. The van der Waals surface area contributed by atoms with Gasteiger partial charge in [0.15, 0.2) is 0 Å². The van der Waals surface area contributed by atoms with Crippen molar-refractivity contribution in [2.24, 2.45) is 5.14 Å². The lowest BCUT2D eigenvalue weighted by Crippen LogP contribution is -2.30. The van der Waals surface area contributed by atoms with Crippen molar-refractivity contribution in [1.29, 1.82) is 0 Å². The molecule has 26 heavy (non-hydrogen) atoms. The second-order valence-corrected chi connectivity index (χ2v) is 8.87. The number of hydrogen-bond acceptors (Lipinski definition) is 5. The van der Waals surface area contributed by atoms with E-state index in [-0.39, 0.29) is 10.8 Å². The molecule has 3 N–H and O–H groups in total. The van der Waals surface area contributed by atoms with Gasteiger partial charge in [0.05, 0.1) is 4.90 Å². The molecule has 0 spiro atoms. The standard InChI is InChI=1S/C18H25N3O3S2/c1-14-9-12-25-17(14)13-21(2)11-8-18(22)20-10-7-15-3-5-16(6-4-15)26(19,23)24/h3-6,9,12H,7-8,10-11,13H2,1-2H3,(H,20,22)(H2,19,23,24). The van der Waals surface area contributed by atoms with E-state index in [9.17, 15) is 13.2 Å². The summed E-state index contributed by atoms with van der Waals surface area (Å²) in [6.07, 6.45) is 1.09. The van der Waals surface area contributed by atoms with Crippen molar-refractivity contribution in [3.8, 4) is 0 Å². The summed E-state index contributed by atoms with van der Waals surface area (Å²) in [7, 11) is -1.65. The van der Waals surface area contributed by atoms with E-state index >= 15 is 0 Å². The minimum absolute atomic E-state index is 0.0147. The number of primary sulfonamides is 1. The number of carbonyl (C=O) groups excluding carboxylic acids is 1. The Morgan fingerprint density at radius 3 is 2.50 bits per heavy atom. The Kier molecular flexibility index (Phi) is 7.33. The number of nitrogens with one attached hydrogen (secondary N) is 1. The lowest BCUT2D eigenvalue weighted by atomic mass is 10.1. The summed E-state index contributed by atoms with van der Waals surface area (Å²) in [4.78, 5) is 15.5. The Morgan fingerprint density at radius 2 is 1.92 bits per heavy atom. The molecule has 6 nitrogen and oxygen atoms in total. The van der Waals surface area contributed by atoms with Gasteiger partial charge in [-0.1, -0.05) is 12.1 Å². The highest BCUT2D eigenvalue weighted by atomic mass is 32.2. The number of benzene rings is 1. The molecule has 2 aromatic rings. The molecule has 0 bridgehead atoms. The Morgan fingerprint density at radius 1 is 1.23 bits per heavy atom. The lowest BCUT2D eigenvalue weighted by Gasteiger charge is -2.16. The van der Waals surface area contributed by atoms with Gasteiger partial charge in [0.1, 0.15) is 0 Å². The van der Waals surface area contributed by atoms with Crippen LogP contribution in [0.5, 0.6) is 0 Å². The van der Waals surface area contributed by atoms with E-state index in [1.54, 1.807) is 23.5 Å². The second-order valence-electron chi connectivity index (χ2n) is 6.30. The number of hydrogen-bond donors (Lipinski definition) is 2. The molecule has 0 unspecified atom stereocenters. The van der Waals surface area contributed by atoms with Crippen LogP contribution in [0.1, 0.15) is 22.4 Å². The third-order valence-corrected chi connectivity index (χ3v) is 6.03. The summed E-state index contributed by atoms with van der Waals surface area (Å²) >= 11 is 1.74. The van der Waals surface area contributed by atoms with Gasteiger partial charge in [-0.3, -0.25) is 4.79 Å².